The van der Waals surface area contributed by atoms with Gasteiger partial charge in [0.1, 0.15) is 23.4 Å². The van der Waals surface area contributed by atoms with Crippen molar-refractivity contribution in [2.24, 2.45) is 0 Å². The van der Waals surface area contributed by atoms with E-state index in [0.29, 0.717) is 0 Å². The molecule has 1 heterocycles. The van der Waals surface area contributed by atoms with E-state index in [2.05, 4.69) is 0 Å². The predicted molar refractivity (Wildman–Crippen MR) is 54.6 cm³/mol. The molecule has 0 aromatic carbocycles. The Balaban J connectivity index is 2.99. The van der Waals surface area contributed by atoms with Gasteiger partial charge in [-0.2, -0.15) is 0 Å². The minimum Gasteiger partial charge on any atom is -0.391 e. The molecule has 6 heteroatoms. The first-order valence-corrected chi connectivity index (χ1v) is 5.15. The third-order valence-corrected chi connectivity index (χ3v) is 3.33. The maximum absolute atomic E-state index is 10.2. The zero-order chi connectivity index (χ0) is 12.7. The summed E-state index contributed by atoms with van der Waals surface area (Å²) < 4.78 is 10.1. The van der Waals surface area contributed by atoms with Gasteiger partial charge >= 0.3 is 0 Å². The fourth-order valence-electron chi connectivity index (χ4n) is 1.88. The van der Waals surface area contributed by atoms with Crippen LogP contribution < -0.4 is 0 Å². The van der Waals surface area contributed by atoms with Gasteiger partial charge in [-0.05, 0) is 20.8 Å². The molecular weight excluding hydrogens is 216 g/mol. The lowest BCUT2D eigenvalue weighted by molar-refractivity contribution is -0.197. The van der Waals surface area contributed by atoms with Crippen LogP contribution in [0.15, 0.2) is 0 Å². The minimum absolute atomic E-state index is 1.05. The van der Waals surface area contributed by atoms with Crippen LogP contribution in [0.5, 0.6) is 0 Å². The Bertz CT molecular complexity index is 250. The van der Waals surface area contributed by atoms with E-state index in [4.69, 9.17) is 9.47 Å². The highest BCUT2D eigenvalue weighted by atomic mass is 16.7. The van der Waals surface area contributed by atoms with Crippen molar-refractivity contribution in [1.29, 1.82) is 0 Å². The van der Waals surface area contributed by atoms with Gasteiger partial charge in [-0.3, -0.25) is 0 Å². The zero-order valence-corrected chi connectivity index (χ0v) is 9.91. The molecule has 0 spiro atoms. The van der Waals surface area contributed by atoms with Crippen LogP contribution in [0.2, 0.25) is 0 Å². The highest BCUT2D eigenvalue weighted by Gasteiger charge is 2.63. The van der Waals surface area contributed by atoms with Crippen molar-refractivity contribution in [2.45, 2.75) is 56.6 Å². The summed E-state index contributed by atoms with van der Waals surface area (Å²) in [6, 6.07) is 0. The molecule has 16 heavy (non-hydrogen) atoms. The van der Waals surface area contributed by atoms with Gasteiger partial charge in [-0.1, -0.05) is 0 Å². The molecule has 0 aliphatic carbocycles. The Morgan fingerprint density at radius 3 is 2.00 bits per heavy atom. The van der Waals surface area contributed by atoms with Gasteiger partial charge in [0, 0.05) is 7.11 Å². The SMILES string of the molecule is CO[C@@H]1O[C@H]([C@H](O)C(C)O)[C@](C)(O)[C@@]1(C)O. The van der Waals surface area contributed by atoms with Crippen molar-refractivity contribution < 1.29 is 29.9 Å². The Morgan fingerprint density at radius 1 is 1.19 bits per heavy atom. The molecule has 4 N–H and O–H groups in total. The van der Waals surface area contributed by atoms with Gasteiger partial charge in [0.25, 0.3) is 0 Å². The molecule has 1 unspecified atom stereocenters. The first-order chi connectivity index (χ1) is 7.16. The summed E-state index contributed by atoms with van der Waals surface area (Å²) in [5, 5.41) is 39.3. The van der Waals surface area contributed by atoms with E-state index in [1.807, 2.05) is 0 Å². The van der Waals surface area contributed by atoms with Crippen molar-refractivity contribution in [3.63, 3.8) is 0 Å². The van der Waals surface area contributed by atoms with Crippen molar-refractivity contribution in [1.82, 2.24) is 0 Å². The molecule has 1 aliphatic heterocycles. The van der Waals surface area contributed by atoms with E-state index in [9.17, 15) is 20.4 Å². The summed E-state index contributed by atoms with van der Waals surface area (Å²) in [4.78, 5) is 0. The standard InChI is InChI=1S/C10H20O6/c1-5(11)6(12)7-9(2,13)10(3,14)8(15-4)16-7/h5-8,11-14H,1-4H3/t5?,6-,7-,8-,9+,10+/m1/s1. The lowest BCUT2D eigenvalue weighted by Gasteiger charge is -2.36. The molecule has 6 atom stereocenters. The monoisotopic (exact) mass is 236 g/mol. The fraction of sp³-hybridized carbons (Fsp3) is 1.00. The van der Waals surface area contributed by atoms with Crippen molar-refractivity contribution >= 4 is 0 Å². The Hall–Kier alpha value is -0.240. The number of hydrogen-bond donors (Lipinski definition) is 4. The van der Waals surface area contributed by atoms with Gasteiger partial charge in [0.15, 0.2) is 6.29 Å². The lowest BCUT2D eigenvalue weighted by atomic mass is 9.81. The first-order valence-electron chi connectivity index (χ1n) is 5.15. The quantitative estimate of drug-likeness (QED) is 0.481. The van der Waals surface area contributed by atoms with Gasteiger partial charge in [-0.15, -0.1) is 0 Å². The topological polar surface area (TPSA) is 99.4 Å². The van der Waals surface area contributed by atoms with Crippen LogP contribution >= 0.6 is 0 Å². The molecule has 1 aliphatic rings. The molecule has 1 rings (SSSR count). The maximum Gasteiger partial charge on any atom is 0.189 e. The van der Waals surface area contributed by atoms with Gasteiger partial charge in [-0.25, -0.2) is 0 Å². The minimum atomic E-state index is -1.72. The van der Waals surface area contributed by atoms with E-state index in [1.54, 1.807) is 0 Å². The number of ether oxygens (including phenoxy) is 2. The molecule has 1 fully saturated rings. The number of methoxy groups -OCH3 is 1. The Kier molecular flexibility index (Phi) is 3.64. The summed E-state index contributed by atoms with van der Waals surface area (Å²) in [7, 11) is 1.33. The third-order valence-electron chi connectivity index (χ3n) is 3.33. The Labute approximate surface area is 94.4 Å². The lowest BCUT2D eigenvalue weighted by Crippen LogP contribution is -2.58. The molecule has 96 valence electrons. The van der Waals surface area contributed by atoms with Crippen LogP contribution in [0, 0.1) is 0 Å². The van der Waals surface area contributed by atoms with Crippen LogP contribution in [0.3, 0.4) is 0 Å². The summed E-state index contributed by atoms with van der Waals surface area (Å²) in [5.41, 5.74) is -3.38. The van der Waals surface area contributed by atoms with Crippen LogP contribution in [-0.2, 0) is 9.47 Å². The summed E-state index contributed by atoms with van der Waals surface area (Å²) in [5.74, 6) is 0. The van der Waals surface area contributed by atoms with Gasteiger partial charge in [0.05, 0.1) is 6.10 Å². The highest BCUT2D eigenvalue weighted by Crippen LogP contribution is 2.41. The van der Waals surface area contributed by atoms with E-state index in [0.717, 1.165) is 0 Å². The molecule has 0 radical (unpaired) electrons. The van der Waals surface area contributed by atoms with E-state index < -0.39 is 35.8 Å². The second kappa shape index (κ2) is 4.21. The van der Waals surface area contributed by atoms with Gasteiger partial charge < -0.3 is 29.9 Å². The van der Waals surface area contributed by atoms with Crippen LogP contribution in [0.1, 0.15) is 20.8 Å². The maximum atomic E-state index is 10.2. The molecule has 0 saturated carbocycles. The first kappa shape index (κ1) is 13.8. The molecular formula is C10H20O6. The average molecular weight is 236 g/mol. The molecule has 1 saturated heterocycles. The normalized spacial score (nSPS) is 48.0. The third kappa shape index (κ3) is 1.85. The van der Waals surface area contributed by atoms with Crippen LogP contribution in [-0.4, -0.2) is 63.3 Å². The van der Waals surface area contributed by atoms with Crippen LogP contribution in [0.4, 0.5) is 0 Å². The molecule has 0 bridgehead atoms. The molecule has 0 amide bonds. The Morgan fingerprint density at radius 2 is 1.69 bits per heavy atom. The van der Waals surface area contributed by atoms with Crippen molar-refractivity contribution in [2.75, 3.05) is 7.11 Å². The average Bonchev–Trinajstić information content (AvgIpc) is 2.33. The number of aliphatic hydroxyl groups excluding tert-OH is 2. The van der Waals surface area contributed by atoms with Crippen molar-refractivity contribution in [3.05, 3.63) is 0 Å². The number of hydrogen-bond acceptors (Lipinski definition) is 6. The molecule has 0 aromatic rings. The van der Waals surface area contributed by atoms with Crippen molar-refractivity contribution in [3.8, 4) is 0 Å². The smallest absolute Gasteiger partial charge is 0.189 e. The fourth-order valence-corrected chi connectivity index (χ4v) is 1.88. The second-order valence-corrected chi connectivity index (χ2v) is 4.65. The van der Waals surface area contributed by atoms with E-state index in [1.165, 1.54) is 27.9 Å². The van der Waals surface area contributed by atoms with Crippen LogP contribution in [0.25, 0.3) is 0 Å². The number of rotatable bonds is 3. The summed E-state index contributed by atoms with van der Waals surface area (Å²) in [6.45, 7) is 4.07. The van der Waals surface area contributed by atoms with E-state index >= 15 is 0 Å². The zero-order valence-electron chi connectivity index (χ0n) is 9.91. The molecule has 0 aromatic heterocycles. The second-order valence-electron chi connectivity index (χ2n) is 4.65. The summed E-state index contributed by atoms with van der Waals surface area (Å²) >= 11 is 0. The number of aliphatic hydroxyl groups is 4. The van der Waals surface area contributed by atoms with Gasteiger partial charge in [0.2, 0.25) is 0 Å². The molecule has 6 nitrogen and oxygen atoms in total. The highest BCUT2D eigenvalue weighted by molar-refractivity contribution is 5.09. The summed E-state index contributed by atoms with van der Waals surface area (Å²) in [6.07, 6.45) is -4.56. The van der Waals surface area contributed by atoms with E-state index in [-0.39, 0.29) is 0 Å². The largest absolute Gasteiger partial charge is 0.391 e. The predicted octanol–water partition coefficient (Wildman–Crippen LogP) is -1.40.